The maximum Gasteiger partial charge on any atom is 0.0808 e. The largest absolute Gasteiger partial charge is 0.377 e. The summed E-state index contributed by atoms with van der Waals surface area (Å²) in [5.74, 6) is 0. The van der Waals surface area contributed by atoms with Gasteiger partial charge in [0.1, 0.15) is 0 Å². The highest BCUT2D eigenvalue weighted by Crippen LogP contribution is 2.19. The molecular formula is C16H22N2. The predicted octanol–water partition coefficient (Wildman–Crippen LogP) is 4.24. The predicted molar refractivity (Wildman–Crippen MR) is 79.7 cm³/mol. The van der Waals surface area contributed by atoms with Crippen molar-refractivity contribution < 1.29 is 0 Å². The highest BCUT2D eigenvalue weighted by Gasteiger charge is 2.10. The molecule has 0 spiro atoms. The van der Waals surface area contributed by atoms with Crippen LogP contribution in [0.4, 0.5) is 0 Å². The van der Waals surface area contributed by atoms with E-state index in [0.717, 1.165) is 17.8 Å². The quantitative estimate of drug-likeness (QED) is 0.585. The molecule has 0 amide bonds. The number of aliphatic imine (C=N–C) groups is 1. The third-order valence-corrected chi connectivity index (χ3v) is 2.81. The van der Waals surface area contributed by atoms with E-state index in [9.17, 15) is 0 Å². The minimum atomic E-state index is 0.278. The standard InChI is InChI=1S/C16H22N2/c1-5-15(17-7-3)13(4)18-16(6-2)14-11-9-8-10-12-14/h5,7-12,16,18H,4,6H2,1-3H3/b15-5-,17-7-. The van der Waals surface area contributed by atoms with Crippen molar-refractivity contribution in [3.05, 3.63) is 59.9 Å². The van der Waals surface area contributed by atoms with Crippen molar-refractivity contribution in [2.24, 2.45) is 4.99 Å². The van der Waals surface area contributed by atoms with Crippen LogP contribution in [0.5, 0.6) is 0 Å². The molecule has 1 aromatic carbocycles. The second-order valence-electron chi connectivity index (χ2n) is 4.06. The van der Waals surface area contributed by atoms with Crippen LogP contribution in [0.25, 0.3) is 0 Å². The van der Waals surface area contributed by atoms with Gasteiger partial charge in [-0.15, -0.1) is 0 Å². The second kappa shape index (κ2) is 7.49. The maximum absolute atomic E-state index is 4.30. The average Bonchev–Trinajstić information content (AvgIpc) is 2.42. The number of nitrogens with one attached hydrogen (secondary N) is 1. The zero-order valence-corrected chi connectivity index (χ0v) is 11.5. The van der Waals surface area contributed by atoms with E-state index in [4.69, 9.17) is 0 Å². The molecular weight excluding hydrogens is 220 g/mol. The topological polar surface area (TPSA) is 24.4 Å². The molecule has 0 aromatic heterocycles. The van der Waals surface area contributed by atoms with Crippen molar-refractivity contribution in [2.75, 3.05) is 0 Å². The van der Waals surface area contributed by atoms with Gasteiger partial charge in [-0.05, 0) is 25.8 Å². The minimum absolute atomic E-state index is 0.278. The lowest BCUT2D eigenvalue weighted by atomic mass is 10.0. The summed E-state index contributed by atoms with van der Waals surface area (Å²) >= 11 is 0. The average molecular weight is 242 g/mol. The SMILES string of the molecule is C=C(NC(CC)c1ccccc1)C(=C/C)/N=C\C. The van der Waals surface area contributed by atoms with Crippen LogP contribution in [0, 0.1) is 0 Å². The van der Waals surface area contributed by atoms with E-state index < -0.39 is 0 Å². The Morgan fingerprint density at radius 3 is 2.50 bits per heavy atom. The lowest BCUT2D eigenvalue weighted by Gasteiger charge is -2.20. The molecule has 0 heterocycles. The lowest BCUT2D eigenvalue weighted by Crippen LogP contribution is -2.20. The fraction of sp³-hybridized carbons (Fsp3) is 0.312. The van der Waals surface area contributed by atoms with Gasteiger partial charge >= 0.3 is 0 Å². The van der Waals surface area contributed by atoms with Crippen LogP contribution in [-0.2, 0) is 0 Å². The van der Waals surface area contributed by atoms with Gasteiger partial charge in [0, 0.05) is 6.21 Å². The summed E-state index contributed by atoms with van der Waals surface area (Å²) in [6.45, 7) is 10.1. The zero-order chi connectivity index (χ0) is 13.4. The molecule has 0 aliphatic heterocycles. The summed E-state index contributed by atoms with van der Waals surface area (Å²) in [5, 5.41) is 3.44. The van der Waals surface area contributed by atoms with Gasteiger partial charge in [0.25, 0.3) is 0 Å². The number of rotatable bonds is 6. The summed E-state index contributed by atoms with van der Waals surface area (Å²) in [7, 11) is 0. The Balaban J connectivity index is 2.79. The number of benzene rings is 1. The molecule has 0 bridgehead atoms. The van der Waals surface area contributed by atoms with E-state index in [2.05, 4.69) is 48.1 Å². The first kappa shape index (κ1) is 14.2. The monoisotopic (exact) mass is 242 g/mol. The zero-order valence-electron chi connectivity index (χ0n) is 11.5. The van der Waals surface area contributed by atoms with Crippen LogP contribution < -0.4 is 5.32 Å². The summed E-state index contributed by atoms with van der Waals surface area (Å²) in [6, 6.07) is 10.7. The summed E-state index contributed by atoms with van der Waals surface area (Å²) in [5.41, 5.74) is 3.04. The molecule has 1 aromatic rings. The van der Waals surface area contributed by atoms with Crippen LogP contribution in [0.3, 0.4) is 0 Å². The van der Waals surface area contributed by atoms with Gasteiger partial charge in [-0.3, -0.25) is 4.99 Å². The molecule has 0 saturated heterocycles. The Kier molecular flexibility index (Phi) is 5.92. The fourth-order valence-corrected chi connectivity index (χ4v) is 1.86. The Morgan fingerprint density at radius 2 is 2.00 bits per heavy atom. The van der Waals surface area contributed by atoms with Gasteiger partial charge < -0.3 is 5.32 Å². The van der Waals surface area contributed by atoms with Crippen LogP contribution >= 0.6 is 0 Å². The molecule has 1 N–H and O–H groups in total. The first-order valence-electron chi connectivity index (χ1n) is 6.38. The molecule has 0 fully saturated rings. The molecule has 0 aliphatic carbocycles. The highest BCUT2D eigenvalue weighted by atomic mass is 15.0. The molecule has 1 unspecified atom stereocenters. The van der Waals surface area contributed by atoms with Gasteiger partial charge in [-0.25, -0.2) is 0 Å². The number of allylic oxidation sites excluding steroid dienone is 1. The van der Waals surface area contributed by atoms with Crippen molar-refractivity contribution >= 4 is 6.21 Å². The Hall–Kier alpha value is -1.83. The number of hydrogen-bond donors (Lipinski definition) is 1. The first-order chi connectivity index (χ1) is 8.72. The molecule has 2 heteroatoms. The highest BCUT2D eigenvalue weighted by molar-refractivity contribution is 5.56. The van der Waals surface area contributed by atoms with Crippen molar-refractivity contribution in [3.8, 4) is 0 Å². The van der Waals surface area contributed by atoms with Crippen molar-refractivity contribution in [2.45, 2.75) is 33.2 Å². The molecule has 0 aliphatic rings. The Bertz CT molecular complexity index is 430. The third kappa shape index (κ3) is 3.88. The second-order valence-corrected chi connectivity index (χ2v) is 4.06. The van der Waals surface area contributed by atoms with Crippen LogP contribution in [-0.4, -0.2) is 6.21 Å². The molecule has 2 nitrogen and oxygen atoms in total. The van der Waals surface area contributed by atoms with E-state index in [1.165, 1.54) is 5.56 Å². The minimum Gasteiger partial charge on any atom is -0.377 e. The lowest BCUT2D eigenvalue weighted by molar-refractivity contribution is 0.584. The van der Waals surface area contributed by atoms with Crippen LogP contribution in [0.15, 0.2) is 59.4 Å². The van der Waals surface area contributed by atoms with Gasteiger partial charge in [0.2, 0.25) is 0 Å². The third-order valence-electron chi connectivity index (χ3n) is 2.81. The van der Waals surface area contributed by atoms with Gasteiger partial charge in [0.15, 0.2) is 0 Å². The fourth-order valence-electron chi connectivity index (χ4n) is 1.86. The number of nitrogens with zero attached hydrogens (tertiary/aromatic N) is 1. The van der Waals surface area contributed by atoms with Crippen molar-refractivity contribution in [3.63, 3.8) is 0 Å². The van der Waals surface area contributed by atoms with Crippen LogP contribution in [0.2, 0.25) is 0 Å². The molecule has 18 heavy (non-hydrogen) atoms. The Morgan fingerprint density at radius 1 is 1.33 bits per heavy atom. The van der Waals surface area contributed by atoms with Gasteiger partial charge in [-0.1, -0.05) is 49.9 Å². The van der Waals surface area contributed by atoms with E-state index >= 15 is 0 Å². The van der Waals surface area contributed by atoms with E-state index in [1.54, 1.807) is 6.21 Å². The first-order valence-corrected chi connectivity index (χ1v) is 6.38. The molecule has 96 valence electrons. The number of hydrogen-bond acceptors (Lipinski definition) is 2. The smallest absolute Gasteiger partial charge is 0.0808 e. The van der Waals surface area contributed by atoms with Crippen molar-refractivity contribution in [1.82, 2.24) is 5.32 Å². The van der Waals surface area contributed by atoms with E-state index in [1.807, 2.05) is 26.0 Å². The van der Waals surface area contributed by atoms with E-state index in [0.29, 0.717) is 0 Å². The van der Waals surface area contributed by atoms with Gasteiger partial charge in [0.05, 0.1) is 17.4 Å². The van der Waals surface area contributed by atoms with Gasteiger partial charge in [-0.2, -0.15) is 0 Å². The normalized spacial score (nSPS) is 13.6. The Labute approximate surface area is 110 Å². The van der Waals surface area contributed by atoms with Crippen LogP contribution in [0.1, 0.15) is 38.8 Å². The molecule has 0 saturated carbocycles. The summed E-state index contributed by atoms with van der Waals surface area (Å²) < 4.78 is 0. The van der Waals surface area contributed by atoms with E-state index in [-0.39, 0.29) is 6.04 Å². The molecule has 0 radical (unpaired) electrons. The van der Waals surface area contributed by atoms with Crippen molar-refractivity contribution in [1.29, 1.82) is 0 Å². The summed E-state index contributed by atoms with van der Waals surface area (Å²) in [4.78, 5) is 4.30. The summed E-state index contributed by atoms with van der Waals surface area (Å²) in [6.07, 6.45) is 4.76. The molecule has 1 rings (SSSR count). The maximum atomic E-state index is 4.30. The molecule has 1 atom stereocenters.